The van der Waals surface area contributed by atoms with Gasteiger partial charge in [0.15, 0.2) is 0 Å². The van der Waals surface area contributed by atoms with Crippen molar-refractivity contribution >= 4 is 33.4 Å². The van der Waals surface area contributed by atoms with E-state index in [-0.39, 0.29) is 11.4 Å². The maximum atomic E-state index is 11.1. The summed E-state index contributed by atoms with van der Waals surface area (Å²) >= 11 is 3.32. The molecular formula is C13H8BrN3O2. The quantitative estimate of drug-likeness (QED) is 0.908. The maximum absolute atomic E-state index is 11.1. The van der Waals surface area contributed by atoms with Crippen LogP contribution in [0.2, 0.25) is 0 Å². The average Bonchev–Trinajstić information content (AvgIpc) is 2.41. The summed E-state index contributed by atoms with van der Waals surface area (Å²) in [7, 11) is 0. The lowest BCUT2D eigenvalue weighted by molar-refractivity contribution is 0.0697. The van der Waals surface area contributed by atoms with E-state index in [2.05, 4.69) is 26.2 Å². The highest BCUT2D eigenvalue weighted by Gasteiger charge is 2.11. The lowest BCUT2D eigenvalue weighted by Gasteiger charge is -2.10. The van der Waals surface area contributed by atoms with Gasteiger partial charge in [-0.3, -0.25) is 0 Å². The first-order valence-electron chi connectivity index (χ1n) is 5.27. The van der Waals surface area contributed by atoms with Crippen molar-refractivity contribution in [1.82, 2.24) is 4.98 Å². The molecule has 5 nitrogen and oxygen atoms in total. The minimum atomic E-state index is -1.06. The maximum Gasteiger partial charge on any atom is 0.339 e. The molecule has 0 saturated heterocycles. The van der Waals surface area contributed by atoms with Crippen LogP contribution in [0.5, 0.6) is 0 Å². The van der Waals surface area contributed by atoms with Gasteiger partial charge in [-0.15, -0.1) is 0 Å². The van der Waals surface area contributed by atoms with Crippen molar-refractivity contribution in [2.45, 2.75) is 0 Å². The molecule has 6 heteroatoms. The monoisotopic (exact) mass is 317 g/mol. The van der Waals surface area contributed by atoms with Gasteiger partial charge < -0.3 is 10.4 Å². The highest BCUT2D eigenvalue weighted by molar-refractivity contribution is 9.10. The summed E-state index contributed by atoms with van der Waals surface area (Å²) in [5, 5.41) is 20.8. The van der Waals surface area contributed by atoms with Gasteiger partial charge in [0.25, 0.3) is 0 Å². The lowest BCUT2D eigenvalue weighted by Crippen LogP contribution is -2.04. The van der Waals surface area contributed by atoms with E-state index in [1.807, 2.05) is 6.07 Å². The Labute approximate surface area is 117 Å². The molecule has 0 spiro atoms. The number of aromatic carboxylic acids is 1. The number of halogens is 1. The Morgan fingerprint density at radius 2 is 2.21 bits per heavy atom. The Morgan fingerprint density at radius 3 is 2.84 bits per heavy atom. The van der Waals surface area contributed by atoms with Crippen LogP contribution in [0.1, 0.15) is 15.9 Å². The molecule has 0 amide bonds. The molecule has 2 rings (SSSR count). The SMILES string of the molecule is N#Cc1ccc(Nc2ncccc2C(=O)O)c(Br)c1. The van der Waals surface area contributed by atoms with Crippen molar-refractivity contribution < 1.29 is 9.90 Å². The number of carboxylic acid groups (broad SMARTS) is 1. The molecular weight excluding hydrogens is 310 g/mol. The number of nitrogens with one attached hydrogen (secondary N) is 1. The first-order valence-corrected chi connectivity index (χ1v) is 6.06. The van der Waals surface area contributed by atoms with Gasteiger partial charge in [-0.25, -0.2) is 9.78 Å². The summed E-state index contributed by atoms with van der Waals surface area (Å²) < 4.78 is 0.661. The number of pyridine rings is 1. The smallest absolute Gasteiger partial charge is 0.339 e. The van der Waals surface area contributed by atoms with Gasteiger partial charge in [-0.2, -0.15) is 5.26 Å². The summed E-state index contributed by atoms with van der Waals surface area (Å²) in [6.45, 7) is 0. The summed E-state index contributed by atoms with van der Waals surface area (Å²) in [6, 6.07) is 10.0. The molecule has 1 aromatic heterocycles. The second kappa shape index (κ2) is 5.50. The Balaban J connectivity index is 2.37. The van der Waals surface area contributed by atoms with Crippen LogP contribution in [0.4, 0.5) is 11.5 Å². The van der Waals surface area contributed by atoms with Crippen molar-refractivity contribution in [3.63, 3.8) is 0 Å². The predicted octanol–water partition coefficient (Wildman–Crippen LogP) is 3.16. The number of rotatable bonds is 3. The number of carbonyl (C=O) groups is 1. The number of aromatic nitrogens is 1. The lowest BCUT2D eigenvalue weighted by atomic mass is 10.2. The Hall–Kier alpha value is -2.39. The van der Waals surface area contributed by atoms with Crippen LogP contribution in [-0.4, -0.2) is 16.1 Å². The molecule has 0 bridgehead atoms. The van der Waals surface area contributed by atoms with Gasteiger partial charge in [0.05, 0.1) is 17.3 Å². The van der Waals surface area contributed by atoms with Crippen molar-refractivity contribution in [2.24, 2.45) is 0 Å². The minimum Gasteiger partial charge on any atom is -0.478 e. The number of anilines is 2. The normalized spacial score (nSPS) is 9.68. The summed E-state index contributed by atoms with van der Waals surface area (Å²) in [4.78, 5) is 15.1. The zero-order chi connectivity index (χ0) is 13.8. The van der Waals surface area contributed by atoms with Gasteiger partial charge in [0.2, 0.25) is 0 Å². The standard InChI is InChI=1S/C13H8BrN3O2/c14-10-6-8(7-15)3-4-11(10)17-12-9(13(18)19)2-1-5-16-12/h1-6H,(H,16,17)(H,18,19). The summed E-state index contributed by atoms with van der Waals surface area (Å²) in [5.41, 5.74) is 1.23. The van der Waals surface area contributed by atoms with E-state index in [1.165, 1.54) is 12.3 Å². The van der Waals surface area contributed by atoms with E-state index < -0.39 is 5.97 Å². The van der Waals surface area contributed by atoms with Gasteiger partial charge >= 0.3 is 5.97 Å². The fourth-order valence-electron chi connectivity index (χ4n) is 1.49. The number of benzene rings is 1. The molecule has 0 saturated carbocycles. The Bertz CT molecular complexity index is 680. The number of carboxylic acids is 1. The number of hydrogen-bond acceptors (Lipinski definition) is 4. The molecule has 94 valence electrons. The first-order chi connectivity index (χ1) is 9.11. The number of nitrogens with zero attached hydrogens (tertiary/aromatic N) is 2. The van der Waals surface area contributed by atoms with Crippen molar-refractivity contribution in [1.29, 1.82) is 5.26 Å². The molecule has 0 aliphatic heterocycles. The topological polar surface area (TPSA) is 86.0 Å². The molecule has 1 aromatic carbocycles. The third-order valence-electron chi connectivity index (χ3n) is 2.39. The van der Waals surface area contributed by atoms with E-state index in [4.69, 9.17) is 10.4 Å². The van der Waals surface area contributed by atoms with E-state index in [0.717, 1.165) is 0 Å². The fraction of sp³-hybridized carbons (Fsp3) is 0. The van der Waals surface area contributed by atoms with Crippen LogP contribution < -0.4 is 5.32 Å². The van der Waals surface area contributed by atoms with Crippen LogP contribution in [0.3, 0.4) is 0 Å². The molecule has 0 radical (unpaired) electrons. The van der Waals surface area contributed by atoms with Crippen LogP contribution >= 0.6 is 15.9 Å². The van der Waals surface area contributed by atoms with E-state index >= 15 is 0 Å². The third kappa shape index (κ3) is 2.89. The molecule has 0 aliphatic carbocycles. The molecule has 0 atom stereocenters. The molecule has 0 aliphatic rings. The van der Waals surface area contributed by atoms with E-state index in [0.29, 0.717) is 15.7 Å². The minimum absolute atomic E-state index is 0.0822. The number of hydrogen-bond donors (Lipinski definition) is 2. The average molecular weight is 318 g/mol. The largest absolute Gasteiger partial charge is 0.478 e. The molecule has 19 heavy (non-hydrogen) atoms. The Kier molecular flexibility index (Phi) is 3.78. The molecule has 2 N–H and O–H groups in total. The molecule has 2 aromatic rings. The predicted molar refractivity (Wildman–Crippen MR) is 73.3 cm³/mol. The number of nitriles is 1. The van der Waals surface area contributed by atoms with Crippen LogP contribution in [0.15, 0.2) is 41.0 Å². The summed E-state index contributed by atoms with van der Waals surface area (Å²) in [5.74, 6) is -0.805. The van der Waals surface area contributed by atoms with E-state index in [1.54, 1.807) is 24.3 Å². The van der Waals surface area contributed by atoms with Crippen molar-refractivity contribution in [2.75, 3.05) is 5.32 Å². The van der Waals surface area contributed by atoms with Crippen molar-refractivity contribution in [3.8, 4) is 6.07 Å². The van der Waals surface area contributed by atoms with Crippen molar-refractivity contribution in [3.05, 3.63) is 52.1 Å². The van der Waals surface area contributed by atoms with Gasteiger partial charge in [0, 0.05) is 10.7 Å². The third-order valence-corrected chi connectivity index (χ3v) is 3.05. The molecule has 1 heterocycles. The van der Waals surface area contributed by atoms with E-state index in [9.17, 15) is 4.79 Å². The highest BCUT2D eigenvalue weighted by Crippen LogP contribution is 2.27. The second-order valence-corrected chi connectivity index (χ2v) is 4.49. The van der Waals surface area contributed by atoms with Crippen LogP contribution in [-0.2, 0) is 0 Å². The first kappa shape index (κ1) is 13.1. The molecule has 0 unspecified atom stereocenters. The Morgan fingerprint density at radius 1 is 1.42 bits per heavy atom. The van der Waals surface area contributed by atoms with Gasteiger partial charge in [0.1, 0.15) is 11.4 Å². The van der Waals surface area contributed by atoms with Crippen LogP contribution in [0, 0.1) is 11.3 Å². The van der Waals surface area contributed by atoms with Gasteiger partial charge in [-0.1, -0.05) is 0 Å². The highest BCUT2D eigenvalue weighted by atomic mass is 79.9. The van der Waals surface area contributed by atoms with Crippen LogP contribution in [0.25, 0.3) is 0 Å². The zero-order valence-corrected chi connectivity index (χ0v) is 11.2. The zero-order valence-electron chi connectivity index (χ0n) is 9.59. The summed E-state index contributed by atoms with van der Waals surface area (Å²) in [6.07, 6.45) is 1.51. The fourth-order valence-corrected chi connectivity index (χ4v) is 1.97. The van der Waals surface area contributed by atoms with Gasteiger partial charge in [-0.05, 0) is 46.3 Å². The second-order valence-electron chi connectivity index (χ2n) is 3.64. The molecule has 0 fully saturated rings.